The molecule has 142 valence electrons. The lowest BCUT2D eigenvalue weighted by molar-refractivity contribution is 0.0857. The van der Waals surface area contributed by atoms with Gasteiger partial charge < -0.3 is 15.4 Å². The lowest BCUT2D eigenvalue weighted by Gasteiger charge is -2.11. The van der Waals surface area contributed by atoms with Gasteiger partial charge in [0, 0.05) is 35.8 Å². The second kappa shape index (κ2) is 9.53. The standard InChI is InChI=1S/C21H23ClN2O3/c22-18-9-3-15(4-10-18)11-12-23-20(25)16-5-7-17(8-6-16)21(26)24-14-19-2-1-13-27-19/h3-10,19H,1-2,11-14H2,(H,23,25)(H,24,26). The fraction of sp³-hybridized carbons (Fsp3) is 0.333. The van der Waals surface area contributed by atoms with Crippen molar-refractivity contribution in [1.82, 2.24) is 10.6 Å². The van der Waals surface area contributed by atoms with E-state index in [1.54, 1.807) is 24.3 Å². The molecule has 0 bridgehead atoms. The number of nitrogens with one attached hydrogen (secondary N) is 2. The first-order valence-corrected chi connectivity index (χ1v) is 9.52. The Labute approximate surface area is 164 Å². The zero-order valence-electron chi connectivity index (χ0n) is 15.0. The molecule has 1 aliphatic rings. The monoisotopic (exact) mass is 386 g/mol. The molecule has 1 fully saturated rings. The maximum atomic E-state index is 12.2. The van der Waals surface area contributed by atoms with Crippen LogP contribution in [0.4, 0.5) is 0 Å². The molecule has 2 N–H and O–H groups in total. The van der Waals surface area contributed by atoms with E-state index in [1.807, 2.05) is 24.3 Å². The third kappa shape index (κ3) is 5.81. The first kappa shape index (κ1) is 19.4. The van der Waals surface area contributed by atoms with Gasteiger partial charge in [-0.05, 0) is 61.2 Å². The summed E-state index contributed by atoms with van der Waals surface area (Å²) < 4.78 is 5.49. The topological polar surface area (TPSA) is 67.4 Å². The summed E-state index contributed by atoms with van der Waals surface area (Å²) in [6.45, 7) is 1.82. The number of ether oxygens (including phenoxy) is 1. The number of rotatable bonds is 7. The van der Waals surface area contributed by atoms with Crippen molar-refractivity contribution in [2.75, 3.05) is 19.7 Å². The number of hydrogen-bond acceptors (Lipinski definition) is 3. The number of hydrogen-bond donors (Lipinski definition) is 2. The Morgan fingerprint density at radius 1 is 0.963 bits per heavy atom. The van der Waals surface area contributed by atoms with Crippen molar-refractivity contribution in [1.29, 1.82) is 0 Å². The fourth-order valence-corrected chi connectivity index (χ4v) is 3.09. The molecule has 1 saturated heterocycles. The van der Waals surface area contributed by atoms with Gasteiger partial charge >= 0.3 is 0 Å². The van der Waals surface area contributed by atoms with E-state index in [4.69, 9.17) is 16.3 Å². The van der Waals surface area contributed by atoms with Crippen LogP contribution in [0, 0.1) is 0 Å². The van der Waals surface area contributed by atoms with Gasteiger partial charge in [0.15, 0.2) is 0 Å². The van der Waals surface area contributed by atoms with Crippen molar-refractivity contribution in [3.05, 3.63) is 70.2 Å². The van der Waals surface area contributed by atoms with Crippen molar-refractivity contribution in [3.8, 4) is 0 Å². The van der Waals surface area contributed by atoms with E-state index in [1.165, 1.54) is 0 Å². The predicted octanol–water partition coefficient (Wildman–Crippen LogP) is 3.22. The molecule has 2 aromatic carbocycles. The highest BCUT2D eigenvalue weighted by Gasteiger charge is 2.16. The van der Waals surface area contributed by atoms with Crippen LogP contribution in [-0.2, 0) is 11.2 Å². The van der Waals surface area contributed by atoms with Crippen molar-refractivity contribution >= 4 is 23.4 Å². The molecule has 0 aromatic heterocycles. The Bertz CT molecular complexity index is 769. The number of carbonyl (C=O) groups is 2. The normalized spacial score (nSPS) is 16.1. The van der Waals surface area contributed by atoms with E-state index in [0.717, 1.165) is 31.4 Å². The third-order valence-electron chi connectivity index (χ3n) is 4.54. The minimum atomic E-state index is -0.157. The van der Waals surface area contributed by atoms with Gasteiger partial charge in [-0.1, -0.05) is 23.7 Å². The second-order valence-corrected chi connectivity index (χ2v) is 6.99. The number of benzene rings is 2. The largest absolute Gasteiger partial charge is 0.376 e. The molecule has 27 heavy (non-hydrogen) atoms. The minimum absolute atomic E-state index is 0.111. The summed E-state index contributed by atoms with van der Waals surface area (Å²) in [5.74, 6) is -0.310. The Kier molecular flexibility index (Phi) is 6.85. The smallest absolute Gasteiger partial charge is 0.251 e. The van der Waals surface area contributed by atoms with Gasteiger partial charge in [-0.25, -0.2) is 0 Å². The zero-order valence-corrected chi connectivity index (χ0v) is 15.8. The van der Waals surface area contributed by atoms with Gasteiger partial charge in [0.2, 0.25) is 0 Å². The Hall–Kier alpha value is -2.37. The molecular weight excluding hydrogens is 364 g/mol. The summed E-state index contributed by atoms with van der Waals surface area (Å²) in [6.07, 6.45) is 2.87. The predicted molar refractivity (Wildman–Crippen MR) is 105 cm³/mol. The van der Waals surface area contributed by atoms with Crippen LogP contribution < -0.4 is 10.6 Å². The summed E-state index contributed by atoms with van der Waals surface area (Å²) in [7, 11) is 0. The van der Waals surface area contributed by atoms with Crippen molar-refractivity contribution in [2.45, 2.75) is 25.4 Å². The summed E-state index contributed by atoms with van der Waals surface area (Å²) >= 11 is 5.86. The molecule has 0 saturated carbocycles. The third-order valence-corrected chi connectivity index (χ3v) is 4.79. The van der Waals surface area contributed by atoms with E-state index in [9.17, 15) is 9.59 Å². The first-order valence-electron chi connectivity index (χ1n) is 9.14. The molecule has 1 unspecified atom stereocenters. The summed E-state index contributed by atoms with van der Waals surface area (Å²) in [6, 6.07) is 14.2. The van der Waals surface area contributed by atoms with Crippen LogP contribution in [0.3, 0.4) is 0 Å². The summed E-state index contributed by atoms with van der Waals surface area (Å²) in [5.41, 5.74) is 2.17. The van der Waals surface area contributed by atoms with Gasteiger partial charge in [-0.3, -0.25) is 9.59 Å². The average molecular weight is 387 g/mol. The van der Waals surface area contributed by atoms with Gasteiger partial charge in [0.1, 0.15) is 0 Å². The van der Waals surface area contributed by atoms with Crippen LogP contribution in [0.2, 0.25) is 5.02 Å². The van der Waals surface area contributed by atoms with Crippen LogP contribution in [0.25, 0.3) is 0 Å². The van der Waals surface area contributed by atoms with Gasteiger partial charge in [0.05, 0.1) is 6.10 Å². The summed E-state index contributed by atoms with van der Waals surface area (Å²) in [5, 5.41) is 6.45. The molecule has 0 radical (unpaired) electrons. The molecule has 3 rings (SSSR count). The Morgan fingerprint density at radius 3 is 2.19 bits per heavy atom. The van der Waals surface area contributed by atoms with Crippen LogP contribution in [0.5, 0.6) is 0 Å². The molecule has 1 heterocycles. The Balaban J connectivity index is 1.44. The molecule has 2 aromatic rings. The highest BCUT2D eigenvalue weighted by molar-refractivity contribution is 6.30. The van der Waals surface area contributed by atoms with Crippen molar-refractivity contribution in [3.63, 3.8) is 0 Å². The van der Waals surface area contributed by atoms with E-state index in [0.29, 0.717) is 29.2 Å². The lowest BCUT2D eigenvalue weighted by Crippen LogP contribution is -2.31. The molecule has 2 amide bonds. The molecule has 6 heteroatoms. The van der Waals surface area contributed by atoms with Crippen LogP contribution >= 0.6 is 11.6 Å². The van der Waals surface area contributed by atoms with E-state index < -0.39 is 0 Å². The minimum Gasteiger partial charge on any atom is -0.376 e. The first-order chi connectivity index (χ1) is 13.1. The van der Waals surface area contributed by atoms with E-state index >= 15 is 0 Å². The van der Waals surface area contributed by atoms with Gasteiger partial charge in [-0.2, -0.15) is 0 Å². The van der Waals surface area contributed by atoms with Crippen LogP contribution in [-0.4, -0.2) is 37.6 Å². The maximum absolute atomic E-state index is 12.2. The van der Waals surface area contributed by atoms with E-state index in [2.05, 4.69) is 10.6 Å². The SMILES string of the molecule is O=C(NCCc1ccc(Cl)cc1)c1ccc(C(=O)NCC2CCCO2)cc1. The number of carbonyl (C=O) groups excluding carboxylic acids is 2. The highest BCUT2D eigenvalue weighted by atomic mass is 35.5. The van der Waals surface area contributed by atoms with Crippen LogP contribution in [0.15, 0.2) is 48.5 Å². The van der Waals surface area contributed by atoms with E-state index in [-0.39, 0.29) is 17.9 Å². The molecule has 1 atom stereocenters. The molecule has 5 nitrogen and oxygen atoms in total. The van der Waals surface area contributed by atoms with Gasteiger partial charge in [-0.15, -0.1) is 0 Å². The molecule has 0 spiro atoms. The van der Waals surface area contributed by atoms with Crippen LogP contribution in [0.1, 0.15) is 39.1 Å². The second-order valence-electron chi connectivity index (χ2n) is 6.55. The average Bonchev–Trinajstić information content (AvgIpc) is 3.21. The molecular formula is C21H23ClN2O3. The maximum Gasteiger partial charge on any atom is 0.251 e. The van der Waals surface area contributed by atoms with Crippen molar-refractivity contribution in [2.24, 2.45) is 0 Å². The quantitative estimate of drug-likeness (QED) is 0.767. The fourth-order valence-electron chi connectivity index (χ4n) is 2.96. The summed E-state index contributed by atoms with van der Waals surface area (Å²) in [4.78, 5) is 24.4. The molecule has 1 aliphatic heterocycles. The number of amides is 2. The van der Waals surface area contributed by atoms with Gasteiger partial charge in [0.25, 0.3) is 11.8 Å². The Morgan fingerprint density at radius 2 is 1.59 bits per heavy atom. The van der Waals surface area contributed by atoms with Crippen molar-refractivity contribution < 1.29 is 14.3 Å². The number of halogens is 1. The highest BCUT2D eigenvalue weighted by Crippen LogP contribution is 2.12. The lowest BCUT2D eigenvalue weighted by atomic mass is 10.1. The zero-order chi connectivity index (χ0) is 19.1. The molecule has 0 aliphatic carbocycles.